The number of nitrogens with zero attached hydrogens (tertiary/aromatic N) is 2. The number of non-ortho nitro benzene ring substituents is 1. The van der Waals surface area contributed by atoms with Crippen molar-refractivity contribution in [2.45, 2.75) is 16.7 Å². The van der Waals surface area contributed by atoms with Crippen LogP contribution in [0.15, 0.2) is 58.5 Å². The van der Waals surface area contributed by atoms with E-state index < -0.39 is 4.92 Å². The number of carbonyl (C=O) groups excluding carboxylic acids is 1. The summed E-state index contributed by atoms with van der Waals surface area (Å²) in [5.41, 5.74) is 0.919. The van der Waals surface area contributed by atoms with Crippen LogP contribution < -0.4 is 10.1 Å². The van der Waals surface area contributed by atoms with E-state index in [0.717, 1.165) is 9.79 Å². The summed E-state index contributed by atoms with van der Waals surface area (Å²) < 4.78 is 5.38. The van der Waals surface area contributed by atoms with Gasteiger partial charge >= 0.3 is 0 Å². The Kier molecular flexibility index (Phi) is 5.04. The maximum Gasteiger partial charge on any atom is 0.299 e. The summed E-state index contributed by atoms with van der Waals surface area (Å²) in [6.45, 7) is 1.45. The fourth-order valence-corrected chi connectivity index (χ4v) is 3.53. The molecule has 1 aromatic heterocycles. The summed E-state index contributed by atoms with van der Waals surface area (Å²) in [6.07, 6.45) is 1.53. The Bertz CT molecular complexity index is 990. The molecule has 0 atom stereocenters. The average Bonchev–Trinajstić information content (AvgIpc) is 2.62. The number of anilines is 1. The highest BCUT2D eigenvalue weighted by Gasteiger charge is 2.21. The minimum Gasteiger partial charge on any atom is -0.495 e. The zero-order valence-corrected chi connectivity index (χ0v) is 14.9. The first kappa shape index (κ1) is 17.7. The molecule has 0 unspecified atom stereocenters. The molecule has 0 aliphatic carbocycles. The second-order valence-electron chi connectivity index (χ2n) is 5.39. The van der Waals surface area contributed by atoms with Gasteiger partial charge in [0.2, 0.25) is 5.91 Å². The normalized spacial score (nSPS) is 10.5. The highest BCUT2D eigenvalue weighted by atomic mass is 32.2. The molecule has 0 aliphatic rings. The standard InChI is InChI=1S/C18H15N3O4S/c1-11(22)20-12-5-7-13(8-6-12)26-18-14-4-3-9-19-17(14)15(21(23)24)10-16(18)25-2/h3-10H,1-2H3,(H,20,22). The molecule has 7 nitrogen and oxygen atoms in total. The number of carbonyl (C=O) groups is 1. The predicted molar refractivity (Wildman–Crippen MR) is 99.8 cm³/mol. The van der Waals surface area contributed by atoms with Crippen molar-refractivity contribution in [1.29, 1.82) is 0 Å². The first-order chi connectivity index (χ1) is 12.5. The van der Waals surface area contributed by atoms with Gasteiger partial charge in [-0.15, -0.1) is 0 Å². The number of ether oxygens (including phenoxy) is 1. The van der Waals surface area contributed by atoms with Crippen molar-refractivity contribution >= 4 is 39.9 Å². The number of hydrogen-bond acceptors (Lipinski definition) is 6. The minimum atomic E-state index is -0.464. The molecular formula is C18H15N3O4S. The van der Waals surface area contributed by atoms with Crippen LogP contribution in [0.5, 0.6) is 5.75 Å². The van der Waals surface area contributed by atoms with Gasteiger partial charge in [-0.3, -0.25) is 14.9 Å². The van der Waals surface area contributed by atoms with Crippen LogP contribution >= 0.6 is 11.8 Å². The number of aromatic nitrogens is 1. The number of nitrogens with one attached hydrogen (secondary N) is 1. The van der Waals surface area contributed by atoms with E-state index >= 15 is 0 Å². The zero-order valence-electron chi connectivity index (χ0n) is 14.1. The van der Waals surface area contributed by atoms with Crippen LogP contribution in [0, 0.1) is 10.1 Å². The summed E-state index contributed by atoms with van der Waals surface area (Å²) in [5.74, 6) is 0.271. The van der Waals surface area contributed by atoms with Gasteiger partial charge < -0.3 is 10.1 Å². The monoisotopic (exact) mass is 369 g/mol. The molecule has 0 saturated carbocycles. The Hall–Kier alpha value is -3.13. The van der Waals surface area contributed by atoms with Crippen molar-refractivity contribution in [3.8, 4) is 5.75 Å². The van der Waals surface area contributed by atoms with Crippen molar-refractivity contribution in [1.82, 2.24) is 4.98 Å². The van der Waals surface area contributed by atoms with E-state index in [1.54, 1.807) is 24.3 Å². The third-order valence-corrected chi connectivity index (χ3v) is 4.73. The first-order valence-corrected chi connectivity index (χ1v) is 8.47. The number of nitro benzene ring substituents is 1. The fourth-order valence-electron chi connectivity index (χ4n) is 2.51. The summed E-state index contributed by atoms with van der Waals surface area (Å²) in [4.78, 5) is 27.8. The Morgan fingerprint density at radius 2 is 2.00 bits per heavy atom. The molecular weight excluding hydrogens is 354 g/mol. The number of fused-ring (bicyclic) bond motifs is 1. The molecule has 2 aromatic carbocycles. The van der Waals surface area contributed by atoms with E-state index in [1.807, 2.05) is 12.1 Å². The highest BCUT2D eigenvalue weighted by Crippen LogP contribution is 2.43. The molecule has 132 valence electrons. The van der Waals surface area contributed by atoms with Crippen molar-refractivity contribution in [3.05, 3.63) is 58.8 Å². The number of benzene rings is 2. The van der Waals surface area contributed by atoms with Gasteiger partial charge in [-0.05, 0) is 36.4 Å². The third-order valence-electron chi connectivity index (χ3n) is 3.60. The van der Waals surface area contributed by atoms with Crippen LogP contribution in [0.4, 0.5) is 11.4 Å². The molecule has 1 amide bonds. The van der Waals surface area contributed by atoms with Gasteiger partial charge in [-0.25, -0.2) is 4.98 Å². The molecule has 0 spiro atoms. The van der Waals surface area contributed by atoms with Crippen LogP contribution in [0.3, 0.4) is 0 Å². The van der Waals surface area contributed by atoms with Gasteiger partial charge in [0, 0.05) is 29.1 Å². The number of methoxy groups -OCH3 is 1. The fraction of sp³-hybridized carbons (Fsp3) is 0.111. The lowest BCUT2D eigenvalue weighted by molar-refractivity contribution is -0.383. The first-order valence-electron chi connectivity index (χ1n) is 7.65. The number of pyridine rings is 1. The lowest BCUT2D eigenvalue weighted by atomic mass is 10.2. The van der Waals surface area contributed by atoms with E-state index in [0.29, 0.717) is 22.3 Å². The lowest BCUT2D eigenvalue weighted by Crippen LogP contribution is -2.05. The molecule has 0 saturated heterocycles. The maximum absolute atomic E-state index is 11.3. The van der Waals surface area contributed by atoms with Crippen molar-refractivity contribution in [2.75, 3.05) is 12.4 Å². The minimum absolute atomic E-state index is 0.0946. The summed E-state index contributed by atoms with van der Waals surface area (Å²) >= 11 is 1.42. The van der Waals surface area contributed by atoms with E-state index in [-0.39, 0.29) is 11.6 Å². The quantitative estimate of drug-likeness (QED) is 0.533. The van der Waals surface area contributed by atoms with Crippen LogP contribution in [0.1, 0.15) is 6.92 Å². The SMILES string of the molecule is COc1cc([N+](=O)[O-])c2ncccc2c1Sc1ccc(NC(C)=O)cc1. The van der Waals surface area contributed by atoms with Gasteiger partial charge in [0.1, 0.15) is 11.3 Å². The zero-order chi connectivity index (χ0) is 18.7. The maximum atomic E-state index is 11.3. The molecule has 3 aromatic rings. The second kappa shape index (κ2) is 7.40. The summed E-state index contributed by atoms with van der Waals surface area (Å²) in [6, 6.07) is 12.2. The molecule has 8 heteroatoms. The van der Waals surface area contributed by atoms with Gasteiger partial charge in [-0.1, -0.05) is 11.8 Å². The van der Waals surface area contributed by atoms with E-state index in [9.17, 15) is 14.9 Å². The number of amides is 1. The molecule has 3 rings (SSSR count). The van der Waals surface area contributed by atoms with E-state index in [1.165, 1.54) is 38.1 Å². The van der Waals surface area contributed by atoms with Crippen molar-refractivity contribution < 1.29 is 14.5 Å². The summed E-state index contributed by atoms with van der Waals surface area (Å²) in [5, 5.41) is 14.7. The molecule has 0 bridgehead atoms. The second-order valence-corrected chi connectivity index (χ2v) is 6.48. The van der Waals surface area contributed by atoms with Crippen molar-refractivity contribution in [3.63, 3.8) is 0 Å². The Balaban J connectivity index is 2.06. The molecule has 26 heavy (non-hydrogen) atoms. The Labute approximate surface area is 153 Å². The largest absolute Gasteiger partial charge is 0.495 e. The van der Waals surface area contributed by atoms with E-state index in [4.69, 9.17) is 4.74 Å². The van der Waals surface area contributed by atoms with Gasteiger partial charge in [0.05, 0.1) is 23.0 Å². The van der Waals surface area contributed by atoms with Crippen molar-refractivity contribution in [2.24, 2.45) is 0 Å². The number of hydrogen-bond donors (Lipinski definition) is 1. The van der Waals surface area contributed by atoms with E-state index in [2.05, 4.69) is 10.3 Å². The van der Waals surface area contributed by atoms with Crippen LogP contribution in [-0.2, 0) is 4.79 Å². The smallest absolute Gasteiger partial charge is 0.299 e. The van der Waals surface area contributed by atoms with Crippen LogP contribution in [0.2, 0.25) is 0 Å². The topological polar surface area (TPSA) is 94.4 Å². The Morgan fingerprint density at radius 3 is 2.62 bits per heavy atom. The predicted octanol–water partition coefficient (Wildman–Crippen LogP) is 4.26. The van der Waals surface area contributed by atoms with Gasteiger partial charge in [0.15, 0.2) is 0 Å². The number of nitro groups is 1. The highest BCUT2D eigenvalue weighted by molar-refractivity contribution is 7.99. The van der Waals surface area contributed by atoms with Crippen LogP contribution in [-0.4, -0.2) is 22.9 Å². The Morgan fingerprint density at radius 1 is 1.27 bits per heavy atom. The molecule has 1 N–H and O–H groups in total. The third kappa shape index (κ3) is 3.60. The molecule has 0 fully saturated rings. The number of rotatable bonds is 5. The summed E-state index contributed by atoms with van der Waals surface area (Å²) in [7, 11) is 1.48. The molecule has 1 heterocycles. The van der Waals surface area contributed by atoms with Crippen LogP contribution in [0.25, 0.3) is 10.9 Å². The molecule has 0 radical (unpaired) electrons. The average molecular weight is 369 g/mol. The van der Waals surface area contributed by atoms with Gasteiger partial charge in [-0.2, -0.15) is 0 Å². The molecule has 0 aliphatic heterocycles. The van der Waals surface area contributed by atoms with Gasteiger partial charge in [0.25, 0.3) is 5.69 Å². The lowest BCUT2D eigenvalue weighted by Gasteiger charge is -2.12.